The van der Waals surface area contributed by atoms with E-state index in [-0.39, 0.29) is 18.0 Å². The first-order valence-electron chi connectivity index (χ1n) is 9.44. The Morgan fingerprint density at radius 2 is 1.73 bits per heavy atom. The summed E-state index contributed by atoms with van der Waals surface area (Å²) >= 11 is 0. The van der Waals surface area contributed by atoms with Gasteiger partial charge in [-0.15, -0.1) is 0 Å². The van der Waals surface area contributed by atoms with Crippen molar-refractivity contribution in [3.63, 3.8) is 0 Å². The van der Waals surface area contributed by atoms with Crippen LogP contribution in [0.4, 0.5) is 5.82 Å². The minimum absolute atomic E-state index is 0.182. The van der Waals surface area contributed by atoms with Crippen LogP contribution in [0.25, 0.3) is 27.9 Å². The molecule has 0 saturated heterocycles. The second-order valence-electron chi connectivity index (χ2n) is 6.85. The minimum atomic E-state index is -0.570. The molecule has 0 radical (unpaired) electrons. The van der Waals surface area contributed by atoms with Gasteiger partial charge < -0.3 is 19.9 Å². The molecular formula is C22H22N4O4. The van der Waals surface area contributed by atoms with Gasteiger partial charge in [-0.2, -0.15) is 0 Å². The van der Waals surface area contributed by atoms with E-state index in [1.54, 1.807) is 25.7 Å². The normalized spacial score (nSPS) is 12.2. The molecule has 0 aliphatic heterocycles. The highest BCUT2D eigenvalue weighted by Crippen LogP contribution is 2.32. The molecule has 0 spiro atoms. The Morgan fingerprint density at radius 3 is 2.37 bits per heavy atom. The highest BCUT2D eigenvalue weighted by Gasteiger charge is 2.27. The molecule has 8 nitrogen and oxygen atoms in total. The fourth-order valence-electron chi connectivity index (χ4n) is 3.37. The monoisotopic (exact) mass is 406 g/mol. The fourth-order valence-corrected chi connectivity index (χ4v) is 3.37. The molecule has 2 aromatic heterocycles. The van der Waals surface area contributed by atoms with E-state index in [9.17, 15) is 4.79 Å². The number of hydrogen-bond donors (Lipinski definition) is 1. The molecule has 2 aromatic carbocycles. The van der Waals surface area contributed by atoms with Crippen LogP contribution in [0, 0.1) is 0 Å². The van der Waals surface area contributed by atoms with Gasteiger partial charge in [0.15, 0.2) is 5.65 Å². The van der Waals surface area contributed by atoms with Gasteiger partial charge in [0.05, 0.1) is 24.8 Å². The average molecular weight is 406 g/mol. The maximum atomic E-state index is 13.0. The predicted molar refractivity (Wildman–Crippen MR) is 114 cm³/mol. The van der Waals surface area contributed by atoms with Crippen LogP contribution in [-0.2, 0) is 9.47 Å². The summed E-state index contributed by atoms with van der Waals surface area (Å²) in [5, 5.41) is 0. The number of ether oxygens (including phenoxy) is 3. The summed E-state index contributed by atoms with van der Waals surface area (Å²) in [6, 6.07) is 14.8. The molecule has 0 amide bonds. The first kappa shape index (κ1) is 19.7. The van der Waals surface area contributed by atoms with Crippen molar-refractivity contribution < 1.29 is 19.0 Å². The number of rotatable bonds is 6. The lowest BCUT2D eigenvalue weighted by Gasteiger charge is -2.12. The molecular weight excluding hydrogens is 384 g/mol. The number of fused-ring (bicyclic) bond motifs is 2. The first-order valence-corrected chi connectivity index (χ1v) is 9.44. The number of nitrogens with zero attached hydrogens (tertiary/aromatic N) is 3. The van der Waals surface area contributed by atoms with E-state index < -0.39 is 12.1 Å². The van der Waals surface area contributed by atoms with Crippen LogP contribution in [0.5, 0.6) is 5.75 Å². The molecule has 2 heterocycles. The van der Waals surface area contributed by atoms with Gasteiger partial charge in [-0.05, 0) is 43.3 Å². The van der Waals surface area contributed by atoms with E-state index in [4.69, 9.17) is 24.9 Å². The van der Waals surface area contributed by atoms with Crippen LogP contribution in [0.2, 0.25) is 0 Å². The van der Waals surface area contributed by atoms with Crippen LogP contribution < -0.4 is 10.5 Å². The molecule has 0 bridgehead atoms. The second kappa shape index (κ2) is 8.00. The minimum Gasteiger partial charge on any atom is -0.497 e. The number of benzene rings is 2. The Kier molecular flexibility index (Phi) is 5.24. The summed E-state index contributed by atoms with van der Waals surface area (Å²) in [5.41, 5.74) is 9.58. The Labute approximate surface area is 173 Å². The Balaban J connectivity index is 1.94. The van der Waals surface area contributed by atoms with Crippen molar-refractivity contribution >= 4 is 34.0 Å². The number of methoxy groups -OCH3 is 2. The summed E-state index contributed by atoms with van der Waals surface area (Å²) in [6.45, 7) is 2.03. The number of nitrogens with two attached hydrogens (primary N) is 1. The lowest BCUT2D eigenvalue weighted by molar-refractivity contribution is 0.0123. The molecule has 1 unspecified atom stereocenters. The summed E-state index contributed by atoms with van der Waals surface area (Å²) < 4.78 is 17.5. The third kappa shape index (κ3) is 3.42. The van der Waals surface area contributed by atoms with Crippen molar-refractivity contribution in [1.29, 1.82) is 0 Å². The number of carbonyl (C=O) groups is 1. The van der Waals surface area contributed by atoms with Crippen LogP contribution in [-0.4, -0.2) is 47.4 Å². The van der Waals surface area contributed by atoms with Crippen molar-refractivity contribution in [2.24, 2.45) is 0 Å². The van der Waals surface area contributed by atoms with E-state index in [1.807, 2.05) is 48.5 Å². The Bertz CT molecular complexity index is 1220. The van der Waals surface area contributed by atoms with Gasteiger partial charge in [-0.25, -0.2) is 14.8 Å². The van der Waals surface area contributed by atoms with E-state index in [0.29, 0.717) is 27.9 Å². The number of hydrogen-bond acceptors (Lipinski definition) is 7. The quantitative estimate of drug-likeness (QED) is 0.490. The molecule has 0 fully saturated rings. The molecule has 8 heteroatoms. The summed E-state index contributed by atoms with van der Waals surface area (Å²) in [6.07, 6.45) is -0.435. The average Bonchev–Trinajstić information content (AvgIpc) is 3.03. The van der Waals surface area contributed by atoms with Crippen molar-refractivity contribution in [3.05, 3.63) is 54.1 Å². The number of nitrogen functional groups attached to an aromatic ring is 1. The number of para-hydroxylation sites is 2. The first-order chi connectivity index (χ1) is 14.5. The van der Waals surface area contributed by atoms with Gasteiger partial charge in [-0.3, -0.25) is 4.57 Å². The summed E-state index contributed by atoms with van der Waals surface area (Å²) in [7, 11) is 3.15. The molecule has 30 heavy (non-hydrogen) atoms. The van der Waals surface area contributed by atoms with Crippen molar-refractivity contribution in [1.82, 2.24) is 14.5 Å². The molecule has 0 aliphatic carbocycles. The van der Waals surface area contributed by atoms with Crippen LogP contribution in [0.3, 0.4) is 0 Å². The van der Waals surface area contributed by atoms with Gasteiger partial charge in [-0.1, -0.05) is 12.1 Å². The summed E-state index contributed by atoms with van der Waals surface area (Å²) in [5.74, 6) is 0.345. The Morgan fingerprint density at radius 1 is 1.07 bits per heavy atom. The van der Waals surface area contributed by atoms with Gasteiger partial charge in [0.2, 0.25) is 0 Å². The number of aromatic nitrogens is 3. The van der Waals surface area contributed by atoms with E-state index in [0.717, 1.165) is 5.69 Å². The molecule has 1 atom stereocenters. The lowest BCUT2D eigenvalue weighted by atomic mass is 10.2. The molecule has 4 rings (SSSR count). The molecule has 2 N–H and O–H groups in total. The smallest absolute Gasteiger partial charge is 0.344 e. The zero-order valence-corrected chi connectivity index (χ0v) is 17.0. The molecule has 154 valence electrons. The SMILES string of the molecule is COCC(C)OC(=O)c1c(N)n(-c2ccc(OC)cc2)c2nc3ccccc3nc12. The lowest BCUT2D eigenvalue weighted by Crippen LogP contribution is -2.20. The topological polar surface area (TPSA) is 101 Å². The predicted octanol–water partition coefficient (Wildman–Crippen LogP) is 3.36. The van der Waals surface area contributed by atoms with E-state index >= 15 is 0 Å². The second-order valence-corrected chi connectivity index (χ2v) is 6.85. The third-order valence-electron chi connectivity index (χ3n) is 4.74. The van der Waals surface area contributed by atoms with Crippen LogP contribution in [0.1, 0.15) is 17.3 Å². The Hall–Kier alpha value is -3.65. The van der Waals surface area contributed by atoms with Gasteiger partial charge >= 0.3 is 5.97 Å². The third-order valence-corrected chi connectivity index (χ3v) is 4.74. The highest BCUT2D eigenvalue weighted by atomic mass is 16.6. The van der Waals surface area contributed by atoms with E-state index in [1.165, 1.54) is 0 Å². The standard InChI is InChI=1S/C22H22N4O4/c1-13(12-28-2)30-22(27)18-19-21(25-17-7-5-4-6-16(17)24-19)26(20(18)23)14-8-10-15(29-3)11-9-14/h4-11,13H,12,23H2,1-3H3. The zero-order chi connectivity index (χ0) is 21.3. The van der Waals surface area contributed by atoms with E-state index in [2.05, 4.69) is 4.98 Å². The fraction of sp³-hybridized carbons (Fsp3) is 0.227. The zero-order valence-electron chi connectivity index (χ0n) is 17.0. The maximum Gasteiger partial charge on any atom is 0.344 e. The van der Waals surface area contributed by atoms with Crippen LogP contribution in [0.15, 0.2) is 48.5 Å². The van der Waals surface area contributed by atoms with Gasteiger partial charge in [0.25, 0.3) is 0 Å². The van der Waals surface area contributed by atoms with Crippen molar-refractivity contribution in [2.75, 3.05) is 26.6 Å². The van der Waals surface area contributed by atoms with Crippen molar-refractivity contribution in [2.45, 2.75) is 13.0 Å². The largest absolute Gasteiger partial charge is 0.497 e. The van der Waals surface area contributed by atoms with Crippen molar-refractivity contribution in [3.8, 4) is 11.4 Å². The highest BCUT2D eigenvalue weighted by molar-refractivity contribution is 6.09. The van der Waals surface area contributed by atoms with Crippen LogP contribution >= 0.6 is 0 Å². The summed E-state index contributed by atoms with van der Waals surface area (Å²) in [4.78, 5) is 22.4. The number of anilines is 1. The van der Waals surface area contributed by atoms with Gasteiger partial charge in [0.1, 0.15) is 28.8 Å². The molecule has 4 aromatic rings. The molecule has 0 saturated carbocycles. The maximum absolute atomic E-state index is 13.0. The number of carbonyl (C=O) groups excluding carboxylic acids is 1. The molecule has 0 aliphatic rings. The van der Waals surface area contributed by atoms with Gasteiger partial charge in [0, 0.05) is 12.8 Å². The number of esters is 1.